The van der Waals surface area contributed by atoms with Gasteiger partial charge in [-0.25, -0.2) is 4.79 Å². The molecule has 0 aromatic heterocycles. The lowest BCUT2D eigenvalue weighted by atomic mass is 10.1. The van der Waals surface area contributed by atoms with Crippen molar-refractivity contribution in [3.05, 3.63) is 35.4 Å². The number of carbonyl (C=O) groups excluding carboxylic acids is 3. The van der Waals surface area contributed by atoms with Gasteiger partial charge in [-0.1, -0.05) is 17.2 Å². The highest BCUT2D eigenvalue weighted by atomic mass is 16.7. The van der Waals surface area contributed by atoms with Gasteiger partial charge in [-0.3, -0.25) is 9.59 Å². The minimum absolute atomic E-state index is 0.111. The van der Waals surface area contributed by atoms with Gasteiger partial charge in [0.2, 0.25) is 0 Å². The van der Waals surface area contributed by atoms with Gasteiger partial charge < -0.3 is 9.57 Å². The van der Waals surface area contributed by atoms with Crippen molar-refractivity contribution in [2.75, 3.05) is 6.61 Å². The van der Waals surface area contributed by atoms with Crippen molar-refractivity contribution in [2.45, 2.75) is 25.4 Å². The normalized spacial score (nSPS) is 29.6. The second-order valence-electron chi connectivity index (χ2n) is 5.92. The van der Waals surface area contributed by atoms with E-state index in [-0.39, 0.29) is 29.1 Å². The Bertz CT molecular complexity index is 629. The summed E-state index contributed by atoms with van der Waals surface area (Å²) in [5, 5.41) is 0.581. The van der Waals surface area contributed by atoms with Crippen molar-refractivity contribution < 1.29 is 24.0 Å². The van der Waals surface area contributed by atoms with Crippen LogP contribution in [0.25, 0.3) is 0 Å². The first-order chi connectivity index (χ1) is 10.7. The number of benzene rings is 1. The average Bonchev–Trinajstić information content (AvgIpc) is 3.08. The predicted molar refractivity (Wildman–Crippen MR) is 73.6 cm³/mol. The van der Waals surface area contributed by atoms with Crippen molar-refractivity contribution in [3.8, 4) is 0 Å². The monoisotopic (exact) mass is 301 g/mol. The van der Waals surface area contributed by atoms with Crippen LogP contribution in [0.2, 0.25) is 0 Å². The van der Waals surface area contributed by atoms with Crippen LogP contribution in [0.3, 0.4) is 0 Å². The van der Waals surface area contributed by atoms with Crippen LogP contribution in [0.15, 0.2) is 24.3 Å². The number of amides is 2. The maximum Gasteiger partial charge on any atom is 0.336 e. The molecule has 4 rings (SSSR count). The molecule has 3 aliphatic rings. The molecular formula is C16H15NO5. The molecule has 2 fully saturated rings. The lowest BCUT2D eigenvalue weighted by Gasteiger charge is -2.13. The number of hydrogen-bond acceptors (Lipinski definition) is 5. The number of carbonyl (C=O) groups is 3. The second kappa shape index (κ2) is 4.91. The molecule has 0 bridgehead atoms. The molecule has 1 aromatic carbocycles. The summed E-state index contributed by atoms with van der Waals surface area (Å²) in [6, 6.07) is 6.44. The Kier molecular flexibility index (Phi) is 3.00. The first-order valence-electron chi connectivity index (χ1n) is 7.48. The van der Waals surface area contributed by atoms with Crippen LogP contribution in [-0.2, 0) is 14.4 Å². The molecule has 2 amide bonds. The molecule has 1 saturated heterocycles. The zero-order valence-corrected chi connectivity index (χ0v) is 11.9. The van der Waals surface area contributed by atoms with E-state index in [9.17, 15) is 14.4 Å². The fourth-order valence-electron chi connectivity index (χ4n) is 3.24. The number of fused-ring (bicyclic) bond motifs is 1. The molecule has 2 aliphatic heterocycles. The molecule has 2 heterocycles. The highest BCUT2D eigenvalue weighted by Crippen LogP contribution is 2.46. The largest absolute Gasteiger partial charge is 0.378 e. The fourth-order valence-corrected chi connectivity index (χ4v) is 3.24. The van der Waals surface area contributed by atoms with Crippen LogP contribution < -0.4 is 0 Å². The smallest absolute Gasteiger partial charge is 0.336 e. The summed E-state index contributed by atoms with van der Waals surface area (Å²) in [6.07, 6.45) is 2.79. The van der Waals surface area contributed by atoms with Gasteiger partial charge >= 0.3 is 5.97 Å². The number of nitrogens with zero attached hydrogens (tertiary/aromatic N) is 1. The Morgan fingerprint density at radius 3 is 2.45 bits per heavy atom. The summed E-state index contributed by atoms with van der Waals surface area (Å²) in [4.78, 5) is 41.5. The minimum atomic E-state index is -0.580. The standard InChI is InChI=1S/C16H15NO5/c18-14-9-4-1-2-5-10(9)15(19)17(14)22-16(20)12-8-11(12)13-6-3-7-21-13/h1-2,4-5,11-13H,3,6-8H2/t11-,12-,13?/m1/s1. The summed E-state index contributed by atoms with van der Waals surface area (Å²) >= 11 is 0. The molecule has 1 saturated carbocycles. The van der Waals surface area contributed by atoms with Crippen LogP contribution in [0, 0.1) is 11.8 Å². The summed E-state index contributed by atoms with van der Waals surface area (Å²) < 4.78 is 5.56. The van der Waals surface area contributed by atoms with Gasteiger partial charge in [0.15, 0.2) is 0 Å². The van der Waals surface area contributed by atoms with E-state index in [2.05, 4.69) is 0 Å². The highest BCUT2D eigenvalue weighted by Gasteiger charge is 2.52. The molecule has 6 nitrogen and oxygen atoms in total. The second-order valence-corrected chi connectivity index (χ2v) is 5.92. The van der Waals surface area contributed by atoms with E-state index in [1.54, 1.807) is 24.3 Å². The molecular weight excluding hydrogens is 286 g/mol. The van der Waals surface area contributed by atoms with E-state index in [4.69, 9.17) is 9.57 Å². The van der Waals surface area contributed by atoms with Crippen molar-refractivity contribution in [1.29, 1.82) is 0 Å². The minimum Gasteiger partial charge on any atom is -0.378 e. The molecule has 6 heteroatoms. The molecule has 1 aliphatic carbocycles. The van der Waals surface area contributed by atoms with Gasteiger partial charge in [-0.05, 0) is 37.3 Å². The lowest BCUT2D eigenvalue weighted by molar-refractivity contribution is -0.171. The van der Waals surface area contributed by atoms with Crippen LogP contribution in [0.4, 0.5) is 0 Å². The number of ether oxygens (including phenoxy) is 1. The van der Waals surface area contributed by atoms with Gasteiger partial charge in [0, 0.05) is 6.61 Å². The first-order valence-corrected chi connectivity index (χ1v) is 7.48. The Morgan fingerprint density at radius 2 is 1.86 bits per heavy atom. The van der Waals surface area contributed by atoms with E-state index in [1.807, 2.05) is 0 Å². The summed E-state index contributed by atoms with van der Waals surface area (Å²) in [5.74, 6) is -1.79. The van der Waals surface area contributed by atoms with E-state index < -0.39 is 17.8 Å². The Balaban J connectivity index is 1.43. The molecule has 3 atom stereocenters. The zero-order chi connectivity index (χ0) is 15.3. The third kappa shape index (κ3) is 2.02. The fraction of sp³-hybridized carbons (Fsp3) is 0.438. The molecule has 22 heavy (non-hydrogen) atoms. The SMILES string of the molecule is O=C(ON1C(=O)c2ccccc2C1=O)[C@@H]1C[C@H]1C1CCCO1. The topological polar surface area (TPSA) is 72.9 Å². The van der Waals surface area contributed by atoms with Crippen molar-refractivity contribution >= 4 is 17.8 Å². The first kappa shape index (κ1) is 13.5. The Labute approximate surface area is 126 Å². The number of hydroxylamine groups is 2. The molecule has 0 spiro atoms. The van der Waals surface area contributed by atoms with Gasteiger partial charge in [-0.2, -0.15) is 0 Å². The highest BCUT2D eigenvalue weighted by molar-refractivity contribution is 6.20. The van der Waals surface area contributed by atoms with E-state index in [1.165, 1.54) is 0 Å². The molecule has 1 unspecified atom stereocenters. The maximum absolute atomic E-state index is 12.1. The van der Waals surface area contributed by atoms with Crippen molar-refractivity contribution in [2.24, 2.45) is 11.8 Å². The average molecular weight is 301 g/mol. The molecule has 1 aromatic rings. The van der Waals surface area contributed by atoms with E-state index in [0.717, 1.165) is 19.4 Å². The number of imide groups is 1. The van der Waals surface area contributed by atoms with Crippen molar-refractivity contribution in [1.82, 2.24) is 5.06 Å². The van der Waals surface area contributed by atoms with Gasteiger partial charge in [0.05, 0.1) is 23.1 Å². The van der Waals surface area contributed by atoms with E-state index in [0.29, 0.717) is 11.5 Å². The zero-order valence-electron chi connectivity index (χ0n) is 11.9. The summed E-state index contributed by atoms with van der Waals surface area (Å²) in [6.45, 7) is 0.737. The van der Waals surface area contributed by atoms with E-state index >= 15 is 0 Å². The van der Waals surface area contributed by atoms with Crippen LogP contribution in [0.5, 0.6) is 0 Å². The van der Waals surface area contributed by atoms with Crippen LogP contribution >= 0.6 is 0 Å². The number of hydrogen-bond donors (Lipinski definition) is 0. The van der Waals surface area contributed by atoms with Crippen LogP contribution in [-0.4, -0.2) is 35.6 Å². The van der Waals surface area contributed by atoms with Crippen LogP contribution in [0.1, 0.15) is 40.0 Å². The lowest BCUT2D eigenvalue weighted by Crippen LogP contribution is -2.33. The summed E-state index contributed by atoms with van der Waals surface area (Å²) in [5.41, 5.74) is 0.540. The molecule has 114 valence electrons. The quantitative estimate of drug-likeness (QED) is 0.792. The van der Waals surface area contributed by atoms with Gasteiger partial charge in [-0.15, -0.1) is 0 Å². The third-order valence-corrected chi connectivity index (χ3v) is 4.52. The number of rotatable bonds is 3. The molecule has 0 N–H and O–H groups in total. The van der Waals surface area contributed by atoms with Gasteiger partial charge in [0.25, 0.3) is 11.8 Å². The third-order valence-electron chi connectivity index (χ3n) is 4.52. The maximum atomic E-state index is 12.1. The Morgan fingerprint density at radius 1 is 1.18 bits per heavy atom. The van der Waals surface area contributed by atoms with Gasteiger partial charge in [0.1, 0.15) is 0 Å². The summed E-state index contributed by atoms with van der Waals surface area (Å²) in [7, 11) is 0. The predicted octanol–water partition coefficient (Wildman–Crippen LogP) is 1.56. The molecule has 0 radical (unpaired) electrons. The van der Waals surface area contributed by atoms with Crippen molar-refractivity contribution in [3.63, 3.8) is 0 Å². The Hall–Kier alpha value is -2.21.